The zero-order valence-corrected chi connectivity index (χ0v) is 22.2. The molecule has 38 heavy (non-hydrogen) atoms. The van der Waals surface area contributed by atoms with Gasteiger partial charge in [0.25, 0.3) is 11.7 Å². The summed E-state index contributed by atoms with van der Waals surface area (Å²) in [5.74, 6) is -0.227. The van der Waals surface area contributed by atoms with Crippen molar-refractivity contribution in [3.63, 3.8) is 0 Å². The normalized spacial score (nSPS) is 16.4. The molecule has 1 atom stereocenters. The van der Waals surface area contributed by atoms with E-state index in [2.05, 4.69) is 0 Å². The van der Waals surface area contributed by atoms with E-state index in [-0.39, 0.29) is 21.9 Å². The average Bonchev–Trinajstić information content (AvgIpc) is 3.19. The summed E-state index contributed by atoms with van der Waals surface area (Å²) in [4.78, 5) is 28.3. The van der Waals surface area contributed by atoms with Gasteiger partial charge in [0.15, 0.2) is 0 Å². The molecule has 0 saturated carbocycles. The van der Waals surface area contributed by atoms with Gasteiger partial charge in [-0.15, -0.1) is 0 Å². The Labute approximate surface area is 225 Å². The number of methoxy groups -OCH3 is 2. The second-order valence-corrected chi connectivity index (χ2v) is 8.69. The Bertz CT molecular complexity index is 1370. The van der Waals surface area contributed by atoms with Crippen molar-refractivity contribution < 1.29 is 33.6 Å². The van der Waals surface area contributed by atoms with Gasteiger partial charge in [-0.3, -0.25) is 14.5 Å². The van der Waals surface area contributed by atoms with E-state index < -0.39 is 23.5 Å². The van der Waals surface area contributed by atoms with Crippen molar-refractivity contribution >= 4 is 34.7 Å². The fraction of sp³-hybridized carbons (Fsp3) is 0.241. The van der Waals surface area contributed by atoms with Gasteiger partial charge >= 0.3 is 0 Å². The van der Waals surface area contributed by atoms with Gasteiger partial charge in [0.1, 0.15) is 28.8 Å². The predicted molar refractivity (Wildman–Crippen MR) is 145 cm³/mol. The van der Waals surface area contributed by atoms with Crippen molar-refractivity contribution in [2.24, 2.45) is 0 Å². The summed E-state index contributed by atoms with van der Waals surface area (Å²) in [7, 11) is 2.87. The van der Waals surface area contributed by atoms with Gasteiger partial charge < -0.3 is 24.1 Å². The van der Waals surface area contributed by atoms with Crippen molar-refractivity contribution in [2.45, 2.75) is 19.9 Å². The van der Waals surface area contributed by atoms with Crippen LogP contribution >= 0.6 is 11.6 Å². The summed E-state index contributed by atoms with van der Waals surface area (Å²) >= 11 is 6.34. The zero-order valence-electron chi connectivity index (χ0n) is 21.5. The number of carbonyl (C=O) groups is 2. The Kier molecular flexibility index (Phi) is 8.12. The molecule has 0 bridgehead atoms. The molecule has 0 radical (unpaired) electrons. The minimum atomic E-state index is -0.936. The van der Waals surface area contributed by atoms with E-state index in [0.717, 1.165) is 0 Å². The van der Waals surface area contributed by atoms with Gasteiger partial charge in [-0.05, 0) is 61.9 Å². The molecule has 9 heteroatoms. The van der Waals surface area contributed by atoms with E-state index in [0.29, 0.717) is 41.7 Å². The first-order chi connectivity index (χ1) is 18.3. The van der Waals surface area contributed by atoms with Gasteiger partial charge in [-0.1, -0.05) is 23.7 Å². The fourth-order valence-corrected chi connectivity index (χ4v) is 4.63. The number of ether oxygens (including phenoxy) is 4. The third-order valence-electron chi connectivity index (χ3n) is 6.11. The lowest BCUT2D eigenvalue weighted by molar-refractivity contribution is -0.132. The number of hydrogen-bond acceptors (Lipinski definition) is 7. The summed E-state index contributed by atoms with van der Waals surface area (Å²) in [5.41, 5.74) is 1.11. The first kappa shape index (κ1) is 26.9. The molecular weight excluding hydrogens is 510 g/mol. The molecule has 1 fully saturated rings. The SMILES string of the molecule is CCOc1ccc(C2/C(=C(\O)c3cc(Cl)c(OC)cc3OC)C(=O)C(=O)N2c2ccc(OCC)cc2)cc1. The molecular formula is C29H28ClNO7. The zero-order chi connectivity index (χ0) is 27.4. The van der Waals surface area contributed by atoms with Gasteiger partial charge in [0.05, 0.1) is 49.6 Å². The van der Waals surface area contributed by atoms with Gasteiger partial charge in [-0.2, -0.15) is 0 Å². The number of nitrogens with zero attached hydrogens (tertiary/aromatic N) is 1. The molecule has 1 heterocycles. The fourth-order valence-electron chi connectivity index (χ4n) is 4.39. The van der Waals surface area contributed by atoms with E-state index in [1.165, 1.54) is 31.3 Å². The number of benzene rings is 3. The van der Waals surface area contributed by atoms with Crippen LogP contribution in [0.2, 0.25) is 5.02 Å². The van der Waals surface area contributed by atoms with Crippen LogP contribution in [-0.4, -0.2) is 44.2 Å². The molecule has 3 aromatic rings. The molecule has 4 rings (SSSR count). The number of ketones is 1. The number of aliphatic hydroxyl groups is 1. The second kappa shape index (κ2) is 11.5. The lowest BCUT2D eigenvalue weighted by Gasteiger charge is -2.26. The highest BCUT2D eigenvalue weighted by atomic mass is 35.5. The highest BCUT2D eigenvalue weighted by molar-refractivity contribution is 6.51. The lowest BCUT2D eigenvalue weighted by atomic mass is 9.94. The van der Waals surface area contributed by atoms with Gasteiger partial charge in [-0.25, -0.2) is 0 Å². The topological polar surface area (TPSA) is 94.5 Å². The van der Waals surface area contributed by atoms with Crippen molar-refractivity contribution in [3.05, 3.63) is 82.4 Å². The smallest absolute Gasteiger partial charge is 0.300 e. The number of amides is 1. The van der Waals surface area contributed by atoms with Crippen LogP contribution in [-0.2, 0) is 9.59 Å². The second-order valence-electron chi connectivity index (χ2n) is 8.29. The van der Waals surface area contributed by atoms with Gasteiger partial charge in [0.2, 0.25) is 0 Å². The molecule has 1 unspecified atom stereocenters. The van der Waals surface area contributed by atoms with E-state index in [9.17, 15) is 14.7 Å². The number of hydrogen-bond donors (Lipinski definition) is 1. The molecule has 1 N–H and O–H groups in total. The highest BCUT2D eigenvalue weighted by Crippen LogP contribution is 2.45. The summed E-state index contributed by atoms with van der Waals surface area (Å²) in [6.07, 6.45) is 0. The lowest BCUT2D eigenvalue weighted by Crippen LogP contribution is -2.29. The molecule has 0 aliphatic carbocycles. The minimum absolute atomic E-state index is 0.104. The molecule has 0 spiro atoms. The Morgan fingerprint density at radius 2 is 1.42 bits per heavy atom. The highest BCUT2D eigenvalue weighted by Gasteiger charge is 2.47. The van der Waals surface area contributed by atoms with Crippen LogP contribution in [0.1, 0.15) is 31.0 Å². The summed E-state index contributed by atoms with van der Waals surface area (Å²) < 4.78 is 21.8. The van der Waals surface area contributed by atoms with E-state index in [4.69, 9.17) is 30.5 Å². The maximum absolute atomic E-state index is 13.5. The first-order valence-corrected chi connectivity index (χ1v) is 12.4. The van der Waals surface area contributed by atoms with E-state index in [1.54, 1.807) is 48.5 Å². The molecule has 3 aromatic carbocycles. The molecule has 1 amide bonds. The number of carbonyl (C=O) groups excluding carboxylic acids is 2. The standard InChI is InChI=1S/C29H28ClNO7/c1-5-37-19-11-7-17(8-12-19)26-25(27(32)21-15-22(30)24(36-4)16-23(21)35-3)28(33)29(34)31(26)18-9-13-20(14-10-18)38-6-2/h7-16,26,32H,5-6H2,1-4H3/b27-25+. The minimum Gasteiger partial charge on any atom is -0.507 e. The quantitative estimate of drug-likeness (QED) is 0.210. The maximum Gasteiger partial charge on any atom is 0.300 e. The average molecular weight is 538 g/mol. The third-order valence-corrected chi connectivity index (χ3v) is 6.40. The number of Topliss-reactive ketones (excluding diaryl/α,β-unsaturated/α-hetero) is 1. The molecule has 1 aliphatic rings. The number of aliphatic hydroxyl groups excluding tert-OH is 1. The predicted octanol–water partition coefficient (Wildman–Crippen LogP) is 5.78. The largest absolute Gasteiger partial charge is 0.507 e. The summed E-state index contributed by atoms with van der Waals surface area (Å²) in [6.45, 7) is 4.73. The van der Waals surface area contributed by atoms with Crippen molar-refractivity contribution in [2.75, 3.05) is 32.3 Å². The van der Waals surface area contributed by atoms with Crippen molar-refractivity contribution in [3.8, 4) is 23.0 Å². The Morgan fingerprint density at radius 3 is 1.95 bits per heavy atom. The molecule has 0 aromatic heterocycles. The van der Waals surface area contributed by atoms with Crippen LogP contribution < -0.4 is 23.8 Å². The molecule has 1 saturated heterocycles. The van der Waals surface area contributed by atoms with Crippen LogP contribution in [0, 0.1) is 0 Å². The van der Waals surface area contributed by atoms with Crippen LogP contribution in [0.15, 0.2) is 66.2 Å². The molecule has 1 aliphatic heterocycles. The maximum atomic E-state index is 13.5. The number of rotatable bonds is 9. The Balaban J connectivity index is 1.92. The van der Waals surface area contributed by atoms with Crippen LogP contribution in [0.3, 0.4) is 0 Å². The van der Waals surface area contributed by atoms with Crippen molar-refractivity contribution in [1.29, 1.82) is 0 Å². The first-order valence-electron chi connectivity index (χ1n) is 12.0. The number of halogens is 1. The van der Waals surface area contributed by atoms with E-state index >= 15 is 0 Å². The number of anilines is 1. The Hall–Kier alpha value is -4.17. The van der Waals surface area contributed by atoms with Crippen LogP contribution in [0.4, 0.5) is 5.69 Å². The monoisotopic (exact) mass is 537 g/mol. The van der Waals surface area contributed by atoms with Gasteiger partial charge in [0, 0.05) is 11.8 Å². The van der Waals surface area contributed by atoms with Crippen molar-refractivity contribution in [1.82, 2.24) is 0 Å². The Morgan fingerprint density at radius 1 is 0.868 bits per heavy atom. The summed E-state index contributed by atoms with van der Waals surface area (Å²) in [5, 5.41) is 11.7. The summed E-state index contributed by atoms with van der Waals surface area (Å²) in [6, 6.07) is 15.9. The van der Waals surface area contributed by atoms with Crippen LogP contribution in [0.5, 0.6) is 23.0 Å². The van der Waals surface area contributed by atoms with E-state index in [1.807, 2.05) is 13.8 Å². The molecule has 8 nitrogen and oxygen atoms in total. The third kappa shape index (κ3) is 4.99. The van der Waals surface area contributed by atoms with Crippen LogP contribution in [0.25, 0.3) is 5.76 Å². The molecule has 198 valence electrons.